The van der Waals surface area contributed by atoms with Gasteiger partial charge in [0.2, 0.25) is 5.91 Å². The first-order valence-corrected chi connectivity index (χ1v) is 12.3. The molecule has 2 atom stereocenters. The number of alkyl halides is 3. The van der Waals surface area contributed by atoms with E-state index in [0.717, 1.165) is 31.0 Å². The van der Waals surface area contributed by atoms with E-state index >= 15 is 0 Å². The molecule has 0 bridgehead atoms. The summed E-state index contributed by atoms with van der Waals surface area (Å²) in [6.07, 6.45) is -2.60. The van der Waals surface area contributed by atoms with Crippen LogP contribution >= 0.6 is 15.9 Å². The minimum atomic E-state index is -4.52. The van der Waals surface area contributed by atoms with Crippen molar-refractivity contribution in [2.24, 2.45) is 5.92 Å². The first kappa shape index (κ1) is 24.6. The van der Waals surface area contributed by atoms with Crippen LogP contribution in [0.2, 0.25) is 0 Å². The Bertz CT molecular complexity index is 1180. The second-order valence-corrected chi connectivity index (χ2v) is 10.5. The van der Waals surface area contributed by atoms with E-state index in [0.29, 0.717) is 29.7 Å². The molecule has 2 fully saturated rings. The lowest BCUT2D eigenvalue weighted by molar-refractivity contribution is -0.157. The van der Waals surface area contributed by atoms with Gasteiger partial charge in [-0.2, -0.15) is 13.2 Å². The summed E-state index contributed by atoms with van der Waals surface area (Å²) in [4.78, 5) is 15.6. The van der Waals surface area contributed by atoms with E-state index in [1.165, 1.54) is 6.92 Å². The normalized spacial score (nSPS) is 24.0. The van der Waals surface area contributed by atoms with Gasteiger partial charge < -0.3 is 15.0 Å². The van der Waals surface area contributed by atoms with Gasteiger partial charge in [0.25, 0.3) is 0 Å². The van der Waals surface area contributed by atoms with Crippen LogP contribution in [-0.4, -0.2) is 29.9 Å². The molecular weight excluding hydrogens is 535 g/mol. The van der Waals surface area contributed by atoms with Crippen LogP contribution in [-0.2, 0) is 34.5 Å². The average molecular weight is 559 g/mol. The molecular formula is C25H24BrF5N2O2. The number of ether oxygens (including phenoxy) is 1. The van der Waals surface area contributed by atoms with E-state index in [2.05, 4.69) is 21.2 Å². The third kappa shape index (κ3) is 4.38. The number of rotatable bonds is 4. The molecule has 1 unspecified atom stereocenters. The van der Waals surface area contributed by atoms with Crippen molar-refractivity contribution < 1.29 is 31.5 Å². The highest BCUT2D eigenvalue weighted by atomic mass is 79.9. The first-order valence-electron chi connectivity index (χ1n) is 11.5. The van der Waals surface area contributed by atoms with Crippen LogP contribution in [0, 0.1) is 24.5 Å². The van der Waals surface area contributed by atoms with Crippen LogP contribution in [0.1, 0.15) is 47.1 Å². The van der Waals surface area contributed by atoms with Crippen LogP contribution in [0.15, 0.2) is 28.7 Å². The SMILES string of the molecule is Cc1c(CN(C(=O)[C@H]2CNCCC23OCc2cc(F)c(F)cc23)C2CC2)cc(Br)cc1C(F)(F)F. The van der Waals surface area contributed by atoms with Crippen molar-refractivity contribution in [2.45, 2.75) is 57.2 Å². The first-order chi connectivity index (χ1) is 16.5. The molecule has 2 aromatic rings. The lowest BCUT2D eigenvalue weighted by Crippen LogP contribution is -2.55. The minimum Gasteiger partial charge on any atom is -0.365 e. The van der Waals surface area contributed by atoms with Crippen molar-refractivity contribution in [1.82, 2.24) is 10.2 Å². The van der Waals surface area contributed by atoms with E-state index in [-0.39, 0.29) is 41.7 Å². The summed E-state index contributed by atoms with van der Waals surface area (Å²) in [6, 6.07) is 4.81. The second kappa shape index (κ2) is 8.81. The van der Waals surface area contributed by atoms with Crippen LogP contribution < -0.4 is 5.32 Å². The molecule has 1 N–H and O–H groups in total. The molecule has 3 aliphatic rings. The Labute approximate surface area is 207 Å². The summed E-state index contributed by atoms with van der Waals surface area (Å²) in [5, 5.41) is 3.20. The van der Waals surface area contributed by atoms with E-state index in [4.69, 9.17) is 4.74 Å². The Morgan fingerprint density at radius 1 is 1.20 bits per heavy atom. The molecule has 2 heterocycles. The minimum absolute atomic E-state index is 0.0229. The Hall–Kier alpha value is -2.04. The van der Waals surface area contributed by atoms with Crippen LogP contribution in [0.25, 0.3) is 0 Å². The maximum absolute atomic E-state index is 14.2. The topological polar surface area (TPSA) is 41.6 Å². The monoisotopic (exact) mass is 558 g/mol. The van der Waals surface area contributed by atoms with Crippen molar-refractivity contribution in [3.63, 3.8) is 0 Å². The molecule has 35 heavy (non-hydrogen) atoms. The van der Waals surface area contributed by atoms with E-state index in [9.17, 15) is 26.7 Å². The number of piperidine rings is 1. The van der Waals surface area contributed by atoms with Gasteiger partial charge in [0, 0.05) is 23.6 Å². The molecule has 2 aromatic carbocycles. The largest absolute Gasteiger partial charge is 0.416 e. The zero-order chi connectivity index (χ0) is 25.1. The van der Waals surface area contributed by atoms with Crippen molar-refractivity contribution in [3.05, 3.63) is 68.2 Å². The Kier molecular flexibility index (Phi) is 6.21. The van der Waals surface area contributed by atoms with Crippen molar-refractivity contribution >= 4 is 21.8 Å². The standard InChI is InChI=1S/C25H24BrF5N2O2/c1-13-14(6-16(26)8-18(13)25(29,30)31)11-33(17-2-3-17)23(34)20-10-32-5-4-24(20)19-9-22(28)21(27)7-15(19)12-35-24/h6-9,17,20,32H,2-5,10-12H2,1H3/t20-,24?/m1/s1. The van der Waals surface area contributed by atoms with Gasteiger partial charge in [-0.1, -0.05) is 15.9 Å². The van der Waals surface area contributed by atoms with E-state index in [1.54, 1.807) is 11.0 Å². The zero-order valence-corrected chi connectivity index (χ0v) is 20.5. The maximum atomic E-state index is 14.2. The molecule has 1 saturated heterocycles. The highest BCUT2D eigenvalue weighted by molar-refractivity contribution is 9.10. The Balaban J connectivity index is 1.51. The van der Waals surface area contributed by atoms with Gasteiger partial charge in [-0.15, -0.1) is 0 Å². The predicted molar refractivity (Wildman–Crippen MR) is 121 cm³/mol. The lowest BCUT2D eigenvalue weighted by Gasteiger charge is -2.43. The van der Waals surface area contributed by atoms with Gasteiger partial charge in [0.05, 0.1) is 18.1 Å². The van der Waals surface area contributed by atoms with Crippen LogP contribution in [0.3, 0.4) is 0 Å². The third-order valence-electron chi connectivity index (χ3n) is 7.37. The van der Waals surface area contributed by atoms with Gasteiger partial charge in [-0.25, -0.2) is 8.78 Å². The molecule has 1 saturated carbocycles. The van der Waals surface area contributed by atoms with Crippen LogP contribution in [0.5, 0.6) is 0 Å². The van der Waals surface area contributed by atoms with Crippen molar-refractivity contribution in [2.75, 3.05) is 13.1 Å². The summed E-state index contributed by atoms with van der Waals surface area (Å²) in [5.74, 6) is -2.95. The average Bonchev–Trinajstić information content (AvgIpc) is 3.59. The molecule has 5 rings (SSSR count). The number of carbonyl (C=O) groups is 1. The number of hydrogen-bond acceptors (Lipinski definition) is 3. The number of hydrogen-bond donors (Lipinski definition) is 1. The number of benzene rings is 2. The third-order valence-corrected chi connectivity index (χ3v) is 7.82. The molecule has 10 heteroatoms. The van der Waals surface area contributed by atoms with Gasteiger partial charge in [0.1, 0.15) is 5.60 Å². The molecule has 1 spiro atoms. The maximum Gasteiger partial charge on any atom is 0.416 e. The molecule has 0 radical (unpaired) electrons. The second-order valence-electron chi connectivity index (χ2n) is 9.54. The van der Waals surface area contributed by atoms with Gasteiger partial charge >= 0.3 is 6.18 Å². The lowest BCUT2D eigenvalue weighted by atomic mass is 9.75. The zero-order valence-electron chi connectivity index (χ0n) is 18.9. The fourth-order valence-electron chi connectivity index (χ4n) is 5.38. The molecule has 2 aliphatic heterocycles. The number of nitrogens with zero attached hydrogens (tertiary/aromatic N) is 1. The van der Waals surface area contributed by atoms with Crippen molar-refractivity contribution in [1.29, 1.82) is 0 Å². The molecule has 1 amide bonds. The van der Waals surface area contributed by atoms with Crippen LogP contribution in [0.4, 0.5) is 22.0 Å². The van der Waals surface area contributed by atoms with Gasteiger partial charge in [0.15, 0.2) is 11.6 Å². The highest BCUT2D eigenvalue weighted by Gasteiger charge is 2.53. The molecule has 4 nitrogen and oxygen atoms in total. The van der Waals surface area contributed by atoms with Crippen molar-refractivity contribution in [3.8, 4) is 0 Å². The van der Waals surface area contributed by atoms with E-state index in [1.807, 2.05) is 0 Å². The highest BCUT2D eigenvalue weighted by Crippen LogP contribution is 2.48. The fourth-order valence-corrected chi connectivity index (χ4v) is 5.88. The summed E-state index contributed by atoms with van der Waals surface area (Å²) in [5.41, 5.74) is -0.375. The Morgan fingerprint density at radius 3 is 2.60 bits per heavy atom. The van der Waals surface area contributed by atoms with Gasteiger partial charge in [-0.3, -0.25) is 4.79 Å². The summed E-state index contributed by atoms with van der Waals surface area (Å²) in [6.45, 7) is 2.31. The molecule has 188 valence electrons. The Morgan fingerprint density at radius 2 is 1.91 bits per heavy atom. The van der Waals surface area contributed by atoms with E-state index < -0.39 is 34.9 Å². The number of nitrogens with one attached hydrogen (secondary N) is 1. The summed E-state index contributed by atoms with van der Waals surface area (Å²) in [7, 11) is 0. The fraction of sp³-hybridized carbons (Fsp3) is 0.480. The van der Waals surface area contributed by atoms with Gasteiger partial charge in [-0.05, 0) is 79.3 Å². The number of fused-ring (bicyclic) bond motifs is 2. The molecule has 0 aromatic heterocycles. The number of amides is 1. The number of halogens is 6. The smallest absolute Gasteiger partial charge is 0.365 e. The number of carbonyl (C=O) groups excluding carboxylic acids is 1. The summed E-state index contributed by atoms with van der Waals surface area (Å²) < 4.78 is 75.2. The quantitative estimate of drug-likeness (QED) is 0.498. The molecule has 1 aliphatic carbocycles. The predicted octanol–water partition coefficient (Wildman–Crippen LogP) is 5.58. The summed E-state index contributed by atoms with van der Waals surface area (Å²) >= 11 is 3.18.